The second-order valence-corrected chi connectivity index (χ2v) is 6.36. The van der Waals surface area contributed by atoms with Crippen LogP contribution < -0.4 is 10.1 Å². The van der Waals surface area contributed by atoms with Gasteiger partial charge in [-0.2, -0.15) is 10.1 Å². The molecule has 7 heteroatoms. The predicted octanol–water partition coefficient (Wildman–Crippen LogP) is 3.22. The maximum absolute atomic E-state index is 11.7. The first-order valence-electron chi connectivity index (χ1n) is 8.68. The lowest BCUT2D eigenvalue weighted by atomic mass is 9.93. The summed E-state index contributed by atoms with van der Waals surface area (Å²) < 4.78 is 11.9. The fourth-order valence-corrected chi connectivity index (χ4v) is 3.41. The Morgan fingerprint density at radius 2 is 1.78 bits per heavy atom. The number of fused-ring (bicyclic) bond motifs is 1. The zero-order chi connectivity index (χ0) is 18.8. The maximum Gasteiger partial charge on any atom is 0.337 e. The largest absolute Gasteiger partial charge is 0.497 e. The number of anilines is 1. The monoisotopic (exact) mass is 364 g/mol. The summed E-state index contributed by atoms with van der Waals surface area (Å²) in [4.78, 5) is 16.0. The summed E-state index contributed by atoms with van der Waals surface area (Å²) in [6, 6.07) is 15.6. The molecule has 3 aromatic rings. The molecule has 1 aliphatic heterocycles. The van der Waals surface area contributed by atoms with Gasteiger partial charge in [-0.05, 0) is 41.8 Å². The SMILES string of the molecule is COC(=O)c1ccc([C@H]2C[C@H](c3ccc(OC)cc3)Nc3ncnn32)cc1. The lowest BCUT2D eigenvalue weighted by Gasteiger charge is -2.32. The smallest absolute Gasteiger partial charge is 0.337 e. The van der Waals surface area contributed by atoms with Crippen LogP contribution in [-0.2, 0) is 4.74 Å². The predicted molar refractivity (Wildman–Crippen MR) is 99.9 cm³/mol. The quantitative estimate of drug-likeness (QED) is 0.716. The zero-order valence-corrected chi connectivity index (χ0v) is 15.1. The van der Waals surface area contributed by atoms with Crippen LogP contribution in [0, 0.1) is 0 Å². The van der Waals surface area contributed by atoms with Crippen molar-refractivity contribution >= 4 is 11.9 Å². The molecule has 0 spiro atoms. The van der Waals surface area contributed by atoms with E-state index in [-0.39, 0.29) is 18.1 Å². The second-order valence-electron chi connectivity index (χ2n) is 6.36. The van der Waals surface area contributed by atoms with Crippen LogP contribution in [0.1, 0.15) is 40.0 Å². The molecule has 0 fully saturated rings. The highest BCUT2D eigenvalue weighted by molar-refractivity contribution is 5.89. The number of hydrogen-bond donors (Lipinski definition) is 1. The van der Waals surface area contributed by atoms with E-state index in [1.165, 1.54) is 7.11 Å². The van der Waals surface area contributed by atoms with Crippen molar-refractivity contribution in [2.45, 2.75) is 18.5 Å². The molecule has 0 radical (unpaired) electrons. The van der Waals surface area contributed by atoms with Gasteiger partial charge in [0.15, 0.2) is 0 Å². The minimum absolute atomic E-state index is 0.0162. The van der Waals surface area contributed by atoms with Crippen LogP contribution in [0.15, 0.2) is 54.9 Å². The number of aromatic nitrogens is 3. The van der Waals surface area contributed by atoms with Gasteiger partial charge in [0.05, 0.1) is 31.9 Å². The molecule has 1 aromatic heterocycles. The Bertz CT molecular complexity index is 935. The number of methoxy groups -OCH3 is 2. The first-order chi connectivity index (χ1) is 13.2. The number of ether oxygens (including phenoxy) is 2. The van der Waals surface area contributed by atoms with E-state index >= 15 is 0 Å². The summed E-state index contributed by atoms with van der Waals surface area (Å²) in [6.07, 6.45) is 2.36. The fourth-order valence-electron chi connectivity index (χ4n) is 3.41. The van der Waals surface area contributed by atoms with Crippen molar-refractivity contribution in [1.29, 1.82) is 0 Å². The molecule has 1 N–H and O–H groups in total. The van der Waals surface area contributed by atoms with Crippen LogP contribution in [0.25, 0.3) is 0 Å². The zero-order valence-electron chi connectivity index (χ0n) is 15.1. The van der Waals surface area contributed by atoms with Crippen molar-refractivity contribution in [3.05, 3.63) is 71.5 Å². The molecule has 2 atom stereocenters. The molecular formula is C20H20N4O3. The van der Waals surface area contributed by atoms with Gasteiger partial charge < -0.3 is 14.8 Å². The summed E-state index contributed by atoms with van der Waals surface area (Å²) in [5, 5.41) is 7.82. The first-order valence-corrected chi connectivity index (χ1v) is 8.68. The third-order valence-electron chi connectivity index (χ3n) is 4.87. The highest BCUT2D eigenvalue weighted by Crippen LogP contribution is 2.37. The number of carbonyl (C=O) groups is 1. The van der Waals surface area contributed by atoms with E-state index in [9.17, 15) is 4.79 Å². The van der Waals surface area contributed by atoms with Gasteiger partial charge in [-0.3, -0.25) is 0 Å². The molecule has 4 rings (SSSR count). The maximum atomic E-state index is 11.7. The van der Waals surface area contributed by atoms with Crippen LogP contribution >= 0.6 is 0 Å². The summed E-state index contributed by atoms with van der Waals surface area (Å²) in [5.74, 6) is 1.21. The Labute approximate surface area is 156 Å². The Balaban J connectivity index is 1.64. The summed E-state index contributed by atoms with van der Waals surface area (Å²) >= 11 is 0. The molecule has 138 valence electrons. The lowest BCUT2D eigenvalue weighted by Crippen LogP contribution is -2.28. The third kappa shape index (κ3) is 3.23. The van der Waals surface area contributed by atoms with Crippen LogP contribution in [0.2, 0.25) is 0 Å². The van der Waals surface area contributed by atoms with Gasteiger partial charge in [0, 0.05) is 0 Å². The minimum Gasteiger partial charge on any atom is -0.497 e. The number of nitrogens with one attached hydrogen (secondary N) is 1. The van der Waals surface area contributed by atoms with Gasteiger partial charge in [0.25, 0.3) is 0 Å². The molecule has 7 nitrogen and oxygen atoms in total. The number of hydrogen-bond acceptors (Lipinski definition) is 6. The summed E-state index contributed by atoms with van der Waals surface area (Å²) in [5.41, 5.74) is 2.75. The molecule has 0 saturated carbocycles. The number of benzene rings is 2. The summed E-state index contributed by atoms with van der Waals surface area (Å²) in [7, 11) is 3.04. The minimum atomic E-state index is -0.343. The van der Waals surface area contributed by atoms with E-state index < -0.39 is 0 Å². The van der Waals surface area contributed by atoms with Crippen molar-refractivity contribution in [2.75, 3.05) is 19.5 Å². The average molecular weight is 364 g/mol. The molecule has 0 amide bonds. The van der Waals surface area contributed by atoms with Gasteiger partial charge in [0.2, 0.25) is 5.95 Å². The van der Waals surface area contributed by atoms with Crippen molar-refractivity contribution in [2.24, 2.45) is 0 Å². The van der Waals surface area contributed by atoms with Crippen molar-refractivity contribution < 1.29 is 14.3 Å². The van der Waals surface area contributed by atoms with Crippen LogP contribution in [0.4, 0.5) is 5.95 Å². The van der Waals surface area contributed by atoms with Gasteiger partial charge >= 0.3 is 5.97 Å². The third-order valence-corrected chi connectivity index (χ3v) is 4.87. The summed E-state index contributed by atoms with van der Waals surface area (Å²) in [6.45, 7) is 0. The van der Waals surface area contributed by atoms with Gasteiger partial charge in [-0.15, -0.1) is 0 Å². The Morgan fingerprint density at radius 3 is 2.44 bits per heavy atom. The molecule has 0 aliphatic carbocycles. The lowest BCUT2D eigenvalue weighted by molar-refractivity contribution is 0.0600. The van der Waals surface area contributed by atoms with E-state index in [1.807, 2.05) is 28.9 Å². The van der Waals surface area contributed by atoms with Gasteiger partial charge in [-0.25, -0.2) is 9.48 Å². The van der Waals surface area contributed by atoms with E-state index in [1.54, 1.807) is 25.6 Å². The molecule has 2 aromatic carbocycles. The van der Waals surface area contributed by atoms with Crippen LogP contribution in [0.3, 0.4) is 0 Å². The molecule has 1 aliphatic rings. The standard InChI is InChI=1S/C20H20N4O3/c1-26-16-9-7-13(8-10-16)17-11-18(24-20(23-17)21-12-22-24)14-3-5-15(6-4-14)19(25)27-2/h3-10,12,17-18H,11H2,1-2H3,(H,21,22,23)/t17-,18-/m1/s1. The number of nitrogens with zero attached hydrogens (tertiary/aromatic N) is 3. The van der Waals surface area contributed by atoms with Crippen molar-refractivity contribution in [3.8, 4) is 5.75 Å². The number of rotatable bonds is 4. The highest BCUT2D eigenvalue weighted by Gasteiger charge is 2.30. The topological polar surface area (TPSA) is 78.3 Å². The Morgan fingerprint density at radius 1 is 1.07 bits per heavy atom. The van der Waals surface area contributed by atoms with Crippen LogP contribution in [0.5, 0.6) is 5.75 Å². The second kappa shape index (κ2) is 7.11. The van der Waals surface area contributed by atoms with E-state index in [4.69, 9.17) is 9.47 Å². The van der Waals surface area contributed by atoms with E-state index in [2.05, 4.69) is 27.5 Å². The Hall–Kier alpha value is -3.35. The first kappa shape index (κ1) is 17.1. The van der Waals surface area contributed by atoms with Crippen molar-refractivity contribution in [3.63, 3.8) is 0 Å². The van der Waals surface area contributed by atoms with Crippen molar-refractivity contribution in [1.82, 2.24) is 14.8 Å². The molecule has 0 saturated heterocycles. The van der Waals surface area contributed by atoms with Crippen LogP contribution in [-0.4, -0.2) is 35.0 Å². The average Bonchev–Trinajstić information content (AvgIpc) is 3.21. The number of esters is 1. The fraction of sp³-hybridized carbons (Fsp3) is 0.250. The molecule has 0 unspecified atom stereocenters. The Kier molecular flexibility index (Phi) is 4.50. The van der Waals surface area contributed by atoms with Gasteiger partial charge in [-0.1, -0.05) is 24.3 Å². The number of carbonyl (C=O) groups excluding carboxylic acids is 1. The molecular weight excluding hydrogens is 344 g/mol. The highest BCUT2D eigenvalue weighted by atomic mass is 16.5. The normalized spacial score (nSPS) is 18.3. The molecule has 0 bridgehead atoms. The molecule has 2 heterocycles. The molecule has 27 heavy (non-hydrogen) atoms. The van der Waals surface area contributed by atoms with E-state index in [0.717, 1.165) is 29.2 Å². The van der Waals surface area contributed by atoms with E-state index in [0.29, 0.717) is 5.56 Å². The van der Waals surface area contributed by atoms with Gasteiger partial charge in [0.1, 0.15) is 12.1 Å².